The normalized spacial score (nSPS) is 11.3. The highest BCUT2D eigenvalue weighted by molar-refractivity contribution is 5.79. The third kappa shape index (κ3) is 11.6. The number of Topliss-reactive ketones (excluding diaryl/α,β-unsaturated/α-hetero) is 1. The molecule has 0 bridgehead atoms. The predicted octanol–water partition coefficient (Wildman–Crippen LogP) is 3.59. The van der Waals surface area contributed by atoms with Gasteiger partial charge in [0, 0.05) is 6.42 Å². The van der Waals surface area contributed by atoms with E-state index in [9.17, 15) is 4.79 Å². The summed E-state index contributed by atoms with van der Waals surface area (Å²) in [6, 6.07) is 0. The van der Waals surface area contributed by atoms with Gasteiger partial charge in [0.2, 0.25) is 0 Å². The zero-order valence-electron chi connectivity index (χ0n) is 10.7. The molecule has 0 aromatic carbocycles. The van der Waals surface area contributed by atoms with Crippen LogP contribution in [0.4, 0.5) is 0 Å². The first kappa shape index (κ1) is 14.6. The number of unbranched alkanes of at least 4 members (excludes halogenated alkanes) is 2. The predicted molar refractivity (Wildman–Crippen MR) is 64.0 cm³/mol. The van der Waals surface area contributed by atoms with E-state index in [0.29, 0.717) is 13.0 Å². The Labute approximate surface area is 94.4 Å². The molecule has 0 radical (unpaired) electrons. The van der Waals surface area contributed by atoms with Crippen molar-refractivity contribution in [2.75, 3.05) is 6.61 Å². The lowest BCUT2D eigenvalue weighted by molar-refractivity contribution is -0.125. The Balaban J connectivity index is 3.24. The van der Waals surface area contributed by atoms with Crippen molar-refractivity contribution in [1.82, 2.24) is 0 Å². The SMILES string of the molecule is CC(C)CCCCCC(=O)COC(C)C. The molecule has 0 aliphatic rings. The number of ketones is 1. The fourth-order valence-corrected chi connectivity index (χ4v) is 1.38. The molecule has 2 heteroatoms. The van der Waals surface area contributed by atoms with Gasteiger partial charge < -0.3 is 4.74 Å². The standard InChI is InChI=1S/C13H26O2/c1-11(2)8-6-5-7-9-13(14)10-15-12(3)4/h11-12H,5-10H2,1-4H3. The van der Waals surface area contributed by atoms with E-state index >= 15 is 0 Å². The molecule has 0 rings (SSSR count). The first-order chi connectivity index (χ1) is 7.02. The van der Waals surface area contributed by atoms with Crippen molar-refractivity contribution in [2.24, 2.45) is 5.92 Å². The lowest BCUT2D eigenvalue weighted by Gasteiger charge is -2.06. The summed E-state index contributed by atoms with van der Waals surface area (Å²) >= 11 is 0. The average molecular weight is 214 g/mol. The monoisotopic (exact) mass is 214 g/mol. The highest BCUT2D eigenvalue weighted by Crippen LogP contribution is 2.09. The minimum atomic E-state index is 0.162. The van der Waals surface area contributed by atoms with Crippen LogP contribution in [0.1, 0.15) is 59.8 Å². The first-order valence-corrected chi connectivity index (χ1v) is 6.15. The topological polar surface area (TPSA) is 26.3 Å². The molecule has 0 aliphatic heterocycles. The second kappa shape index (κ2) is 8.90. The van der Waals surface area contributed by atoms with E-state index in [1.165, 1.54) is 19.3 Å². The number of carbonyl (C=O) groups excluding carboxylic acids is 1. The van der Waals surface area contributed by atoms with Crippen LogP contribution in [0.25, 0.3) is 0 Å². The molecule has 0 fully saturated rings. The van der Waals surface area contributed by atoms with Crippen LogP contribution in [0.5, 0.6) is 0 Å². The summed E-state index contributed by atoms with van der Waals surface area (Å²) in [7, 11) is 0. The summed E-state index contributed by atoms with van der Waals surface area (Å²) in [5.41, 5.74) is 0. The molecule has 2 nitrogen and oxygen atoms in total. The van der Waals surface area contributed by atoms with Crippen molar-refractivity contribution in [3.05, 3.63) is 0 Å². The van der Waals surface area contributed by atoms with Gasteiger partial charge >= 0.3 is 0 Å². The lowest BCUT2D eigenvalue weighted by atomic mass is 10.0. The van der Waals surface area contributed by atoms with Crippen LogP contribution in [0.3, 0.4) is 0 Å². The Bertz CT molecular complexity index is 162. The molecule has 90 valence electrons. The number of ether oxygens (including phenoxy) is 1. The van der Waals surface area contributed by atoms with E-state index in [-0.39, 0.29) is 11.9 Å². The van der Waals surface area contributed by atoms with Gasteiger partial charge in [0.1, 0.15) is 6.61 Å². The second-order valence-corrected chi connectivity index (χ2v) is 4.89. The van der Waals surface area contributed by atoms with E-state index in [4.69, 9.17) is 4.74 Å². The maximum atomic E-state index is 11.3. The highest BCUT2D eigenvalue weighted by Gasteiger charge is 2.03. The van der Waals surface area contributed by atoms with Crippen molar-refractivity contribution in [1.29, 1.82) is 0 Å². The summed E-state index contributed by atoms with van der Waals surface area (Å²) in [5.74, 6) is 1.03. The number of hydrogen-bond acceptors (Lipinski definition) is 2. The van der Waals surface area contributed by atoms with E-state index in [2.05, 4.69) is 13.8 Å². The van der Waals surface area contributed by atoms with Crippen LogP contribution >= 0.6 is 0 Å². The molecule has 0 unspecified atom stereocenters. The molecule has 0 saturated carbocycles. The van der Waals surface area contributed by atoms with Crippen molar-refractivity contribution >= 4 is 5.78 Å². The molecular formula is C13H26O2. The van der Waals surface area contributed by atoms with Crippen LogP contribution < -0.4 is 0 Å². The Kier molecular flexibility index (Phi) is 8.68. The summed E-state index contributed by atoms with van der Waals surface area (Å²) in [5, 5.41) is 0. The minimum Gasteiger partial charge on any atom is -0.371 e. The maximum absolute atomic E-state index is 11.3. The van der Waals surface area contributed by atoms with Gasteiger partial charge in [-0.2, -0.15) is 0 Å². The molecular weight excluding hydrogens is 188 g/mol. The number of carbonyl (C=O) groups is 1. The quantitative estimate of drug-likeness (QED) is 0.548. The Hall–Kier alpha value is -0.370. The smallest absolute Gasteiger partial charge is 0.158 e. The van der Waals surface area contributed by atoms with Crippen molar-refractivity contribution in [3.8, 4) is 0 Å². The molecule has 0 amide bonds. The van der Waals surface area contributed by atoms with Crippen molar-refractivity contribution < 1.29 is 9.53 Å². The lowest BCUT2D eigenvalue weighted by Crippen LogP contribution is -2.12. The molecule has 0 aromatic heterocycles. The fourth-order valence-electron chi connectivity index (χ4n) is 1.38. The molecule has 0 spiro atoms. The van der Waals surface area contributed by atoms with Crippen molar-refractivity contribution in [3.63, 3.8) is 0 Å². The molecule has 0 atom stereocenters. The zero-order chi connectivity index (χ0) is 11.7. The summed E-state index contributed by atoms with van der Waals surface area (Å²) in [6.07, 6.45) is 5.56. The van der Waals surface area contributed by atoms with E-state index in [1.807, 2.05) is 13.8 Å². The van der Waals surface area contributed by atoms with Gasteiger partial charge in [-0.1, -0.05) is 33.1 Å². The van der Waals surface area contributed by atoms with E-state index in [1.54, 1.807) is 0 Å². The third-order valence-electron chi connectivity index (χ3n) is 2.31. The van der Waals surface area contributed by atoms with Gasteiger partial charge in [0.15, 0.2) is 5.78 Å². The number of rotatable bonds is 9. The first-order valence-electron chi connectivity index (χ1n) is 6.15. The Morgan fingerprint density at radius 1 is 1.07 bits per heavy atom. The van der Waals surface area contributed by atoms with Gasteiger partial charge in [-0.05, 0) is 26.2 Å². The highest BCUT2D eigenvalue weighted by atomic mass is 16.5. The zero-order valence-corrected chi connectivity index (χ0v) is 10.7. The largest absolute Gasteiger partial charge is 0.371 e. The van der Waals surface area contributed by atoms with Gasteiger partial charge in [0.25, 0.3) is 0 Å². The van der Waals surface area contributed by atoms with Crippen LogP contribution in [-0.2, 0) is 9.53 Å². The average Bonchev–Trinajstić information content (AvgIpc) is 2.13. The van der Waals surface area contributed by atoms with Crippen molar-refractivity contribution in [2.45, 2.75) is 65.9 Å². The van der Waals surface area contributed by atoms with Gasteiger partial charge in [-0.3, -0.25) is 4.79 Å². The summed E-state index contributed by atoms with van der Waals surface area (Å²) < 4.78 is 5.25. The van der Waals surface area contributed by atoms with Gasteiger partial charge in [-0.25, -0.2) is 0 Å². The maximum Gasteiger partial charge on any atom is 0.158 e. The molecule has 0 aromatic rings. The Morgan fingerprint density at radius 2 is 1.73 bits per heavy atom. The molecule has 0 heterocycles. The van der Waals surface area contributed by atoms with E-state index < -0.39 is 0 Å². The Morgan fingerprint density at radius 3 is 2.27 bits per heavy atom. The van der Waals surface area contributed by atoms with Crippen LogP contribution in [0, 0.1) is 5.92 Å². The number of hydrogen-bond donors (Lipinski definition) is 0. The van der Waals surface area contributed by atoms with Gasteiger partial charge in [0.05, 0.1) is 6.10 Å². The molecule has 0 N–H and O–H groups in total. The molecule has 0 aliphatic carbocycles. The van der Waals surface area contributed by atoms with Crippen LogP contribution in [0.15, 0.2) is 0 Å². The second-order valence-electron chi connectivity index (χ2n) is 4.89. The van der Waals surface area contributed by atoms with Gasteiger partial charge in [-0.15, -0.1) is 0 Å². The molecule has 15 heavy (non-hydrogen) atoms. The fraction of sp³-hybridized carbons (Fsp3) is 0.923. The van der Waals surface area contributed by atoms with E-state index in [0.717, 1.165) is 12.3 Å². The summed E-state index contributed by atoms with van der Waals surface area (Å²) in [6.45, 7) is 8.68. The summed E-state index contributed by atoms with van der Waals surface area (Å²) in [4.78, 5) is 11.3. The van der Waals surface area contributed by atoms with Crippen LogP contribution in [0.2, 0.25) is 0 Å². The minimum absolute atomic E-state index is 0.162. The third-order valence-corrected chi connectivity index (χ3v) is 2.31. The van der Waals surface area contributed by atoms with Crippen LogP contribution in [-0.4, -0.2) is 18.5 Å². The molecule has 0 saturated heterocycles.